The van der Waals surface area contributed by atoms with Gasteiger partial charge in [-0.3, -0.25) is 24.1 Å². The largest absolute Gasteiger partial charge is 0.462 e. The Labute approximate surface area is 185 Å². The summed E-state index contributed by atoms with van der Waals surface area (Å²) in [5, 5.41) is 0. The van der Waals surface area contributed by atoms with E-state index in [4.69, 9.17) is 14.2 Å². The van der Waals surface area contributed by atoms with Crippen LogP contribution in [0.1, 0.15) is 32.3 Å². The summed E-state index contributed by atoms with van der Waals surface area (Å²) in [4.78, 5) is 54.5. The maximum absolute atomic E-state index is 13.9. The van der Waals surface area contributed by atoms with E-state index < -0.39 is 47.5 Å². The van der Waals surface area contributed by atoms with E-state index in [0.717, 1.165) is 24.1 Å². The molecule has 1 spiro atoms. The average Bonchev–Trinajstić information content (AvgIpc) is 3.39. The van der Waals surface area contributed by atoms with Crippen molar-refractivity contribution in [2.24, 2.45) is 11.8 Å². The van der Waals surface area contributed by atoms with Crippen LogP contribution in [-0.4, -0.2) is 67.2 Å². The van der Waals surface area contributed by atoms with Gasteiger partial charge in [0.2, 0.25) is 0 Å². The van der Waals surface area contributed by atoms with E-state index in [1.807, 2.05) is 24.3 Å². The third kappa shape index (κ3) is 2.66. The zero-order valence-electron chi connectivity index (χ0n) is 18.3. The lowest BCUT2D eigenvalue weighted by Gasteiger charge is -2.42. The monoisotopic (exact) mass is 442 g/mol. The van der Waals surface area contributed by atoms with Crippen molar-refractivity contribution in [3.63, 3.8) is 0 Å². The van der Waals surface area contributed by atoms with Crippen LogP contribution in [0.2, 0.25) is 0 Å². The number of hydrogen-bond acceptors (Lipinski definition) is 8. The first-order valence-corrected chi connectivity index (χ1v) is 10.9. The molecule has 4 aliphatic heterocycles. The van der Waals surface area contributed by atoms with E-state index in [1.165, 1.54) is 13.8 Å². The maximum atomic E-state index is 13.9. The number of carbonyl (C=O) groups excluding carboxylic acids is 4. The van der Waals surface area contributed by atoms with Crippen molar-refractivity contribution in [3.8, 4) is 0 Å². The van der Waals surface area contributed by atoms with Gasteiger partial charge in [0.25, 0.3) is 5.91 Å². The first-order valence-electron chi connectivity index (χ1n) is 10.9. The third-order valence-electron chi connectivity index (χ3n) is 7.36. The fourth-order valence-electron chi connectivity index (χ4n) is 6.40. The van der Waals surface area contributed by atoms with E-state index >= 15 is 0 Å². The quantitative estimate of drug-likeness (QED) is 0.505. The summed E-state index contributed by atoms with van der Waals surface area (Å²) in [5.74, 6) is -3.01. The van der Waals surface area contributed by atoms with Gasteiger partial charge < -0.3 is 19.1 Å². The summed E-state index contributed by atoms with van der Waals surface area (Å²) in [6.45, 7) is 3.02. The minimum Gasteiger partial charge on any atom is -0.462 e. The highest BCUT2D eigenvalue weighted by Crippen LogP contribution is 2.61. The van der Waals surface area contributed by atoms with Crippen molar-refractivity contribution < 1.29 is 33.4 Å². The van der Waals surface area contributed by atoms with E-state index in [0.29, 0.717) is 6.54 Å². The second-order valence-electron chi connectivity index (χ2n) is 8.96. The van der Waals surface area contributed by atoms with Crippen LogP contribution in [0.3, 0.4) is 0 Å². The number of benzene rings is 1. The topological polar surface area (TPSA) is 102 Å². The number of hydrogen-bond donors (Lipinski definition) is 0. The van der Waals surface area contributed by atoms with Gasteiger partial charge in [0.1, 0.15) is 18.2 Å². The van der Waals surface area contributed by atoms with Crippen molar-refractivity contribution in [1.82, 2.24) is 4.90 Å². The van der Waals surface area contributed by atoms with Gasteiger partial charge >= 0.3 is 17.9 Å². The smallest absolute Gasteiger partial charge is 0.312 e. The highest BCUT2D eigenvalue weighted by molar-refractivity contribution is 6.10. The van der Waals surface area contributed by atoms with Crippen LogP contribution in [-0.2, 0) is 38.9 Å². The predicted octanol–water partition coefficient (Wildman–Crippen LogP) is 0.989. The van der Waals surface area contributed by atoms with Crippen molar-refractivity contribution in [3.05, 3.63) is 29.8 Å². The lowest BCUT2D eigenvalue weighted by atomic mass is 9.70. The molecule has 170 valence electrons. The van der Waals surface area contributed by atoms with Crippen LogP contribution >= 0.6 is 0 Å². The third-order valence-corrected chi connectivity index (χ3v) is 7.36. The lowest BCUT2D eigenvalue weighted by molar-refractivity contribution is -0.201. The first-order chi connectivity index (χ1) is 15.3. The van der Waals surface area contributed by atoms with Crippen LogP contribution in [0.25, 0.3) is 0 Å². The van der Waals surface area contributed by atoms with Crippen LogP contribution < -0.4 is 4.90 Å². The number of anilines is 1. The molecule has 0 aromatic heterocycles. The molecule has 0 radical (unpaired) electrons. The van der Waals surface area contributed by atoms with E-state index in [2.05, 4.69) is 4.90 Å². The fraction of sp³-hybridized carbons (Fsp3) is 0.565. The molecule has 6 atom stereocenters. The Morgan fingerprint density at radius 2 is 1.94 bits per heavy atom. The Kier molecular flexibility index (Phi) is 4.77. The molecule has 0 aliphatic carbocycles. The van der Waals surface area contributed by atoms with Gasteiger partial charge in [-0.1, -0.05) is 18.2 Å². The van der Waals surface area contributed by atoms with Gasteiger partial charge in [0.15, 0.2) is 6.10 Å². The van der Waals surface area contributed by atoms with Gasteiger partial charge in [-0.2, -0.15) is 0 Å². The van der Waals surface area contributed by atoms with Crippen LogP contribution in [0.4, 0.5) is 5.69 Å². The molecule has 3 fully saturated rings. The van der Waals surface area contributed by atoms with E-state index in [1.54, 1.807) is 11.9 Å². The number of esters is 3. The van der Waals surface area contributed by atoms with Crippen molar-refractivity contribution in [1.29, 1.82) is 0 Å². The molecule has 1 amide bonds. The Morgan fingerprint density at radius 3 is 2.66 bits per heavy atom. The summed E-state index contributed by atoms with van der Waals surface area (Å²) < 4.78 is 16.5. The molecule has 0 N–H and O–H groups in total. The summed E-state index contributed by atoms with van der Waals surface area (Å²) in [5.41, 5.74) is 0.352. The van der Waals surface area contributed by atoms with Gasteiger partial charge in [0.05, 0.1) is 5.92 Å². The summed E-state index contributed by atoms with van der Waals surface area (Å²) in [7, 11) is 1.72. The Balaban J connectivity index is 1.65. The Hall–Kier alpha value is -2.94. The number of rotatable bonds is 3. The van der Waals surface area contributed by atoms with Crippen LogP contribution in [0.5, 0.6) is 0 Å². The summed E-state index contributed by atoms with van der Waals surface area (Å²) in [6, 6.07) is 7.37. The van der Waals surface area contributed by atoms with E-state index in [9.17, 15) is 19.2 Å². The zero-order chi connectivity index (χ0) is 22.8. The molecule has 3 saturated heterocycles. The number of nitrogens with zero attached hydrogens (tertiary/aromatic N) is 2. The highest BCUT2D eigenvalue weighted by atomic mass is 16.6. The highest BCUT2D eigenvalue weighted by Gasteiger charge is 2.74. The standard InChI is InChI=1S/C23H26N2O7/c1-12(26)30-11-17-20(31-13(2)27)18-16-9-6-10-25(16)23(19(18)21(28)32-17)14-7-4-5-8-15(14)24(3)22(23)29/h4-5,7-8,16-20H,6,9-11H2,1-3H3/t16-,17+,18-,19+,20-,23+/m0/s1. The van der Waals surface area contributed by atoms with Gasteiger partial charge in [-0.15, -0.1) is 0 Å². The number of cyclic esters (lactones) is 1. The molecule has 0 bridgehead atoms. The van der Waals surface area contributed by atoms with Crippen molar-refractivity contribution in [2.75, 3.05) is 25.1 Å². The minimum absolute atomic E-state index is 0.138. The molecule has 9 heteroatoms. The Bertz CT molecular complexity index is 1010. The maximum Gasteiger partial charge on any atom is 0.312 e. The van der Waals surface area contributed by atoms with Crippen LogP contribution in [0, 0.1) is 11.8 Å². The molecule has 5 rings (SSSR count). The SMILES string of the molecule is CC(=O)OC[C@H]1OC(=O)[C@H]2[C@@H]([C@H]1OC(C)=O)[C@@H]1CCCN1[C@@]21C(=O)N(C)c2ccccc21. The number of amides is 1. The number of ether oxygens (including phenoxy) is 3. The molecule has 1 aromatic carbocycles. The van der Waals surface area contributed by atoms with Gasteiger partial charge in [-0.25, -0.2) is 0 Å². The number of carbonyl (C=O) groups is 4. The first kappa shape index (κ1) is 20.9. The fourth-order valence-corrected chi connectivity index (χ4v) is 6.40. The molecule has 32 heavy (non-hydrogen) atoms. The Morgan fingerprint density at radius 1 is 1.19 bits per heavy atom. The number of likely N-dealkylation sites (N-methyl/N-ethyl adjacent to an activating group) is 1. The van der Waals surface area contributed by atoms with Gasteiger partial charge in [-0.05, 0) is 25.5 Å². The molecular formula is C23H26N2O7. The zero-order valence-corrected chi connectivity index (χ0v) is 18.3. The predicted molar refractivity (Wildman–Crippen MR) is 110 cm³/mol. The second-order valence-corrected chi connectivity index (χ2v) is 8.96. The van der Waals surface area contributed by atoms with Crippen LogP contribution in [0.15, 0.2) is 24.3 Å². The second kappa shape index (κ2) is 7.30. The van der Waals surface area contributed by atoms with Crippen molar-refractivity contribution >= 4 is 29.5 Å². The number of fused-ring (bicyclic) bond motifs is 7. The minimum atomic E-state index is -1.20. The van der Waals surface area contributed by atoms with E-state index in [-0.39, 0.29) is 18.6 Å². The molecule has 0 saturated carbocycles. The summed E-state index contributed by atoms with van der Waals surface area (Å²) >= 11 is 0. The molecule has 4 heterocycles. The van der Waals surface area contributed by atoms with Gasteiger partial charge in [0, 0.05) is 44.1 Å². The molecule has 1 aromatic rings. The summed E-state index contributed by atoms with van der Waals surface area (Å²) in [6.07, 6.45) is -0.0948. The normalized spacial score (nSPS) is 35.3. The molecule has 4 aliphatic rings. The molecular weight excluding hydrogens is 416 g/mol. The molecule has 9 nitrogen and oxygen atoms in total. The van der Waals surface area contributed by atoms with Crippen molar-refractivity contribution in [2.45, 2.75) is 50.5 Å². The number of para-hydroxylation sites is 1. The lowest BCUT2D eigenvalue weighted by Crippen LogP contribution is -2.59. The average molecular weight is 442 g/mol. The molecule has 0 unspecified atom stereocenters.